The summed E-state index contributed by atoms with van der Waals surface area (Å²) >= 11 is 0. The van der Waals surface area contributed by atoms with E-state index in [0.717, 1.165) is 43.8 Å². The summed E-state index contributed by atoms with van der Waals surface area (Å²) in [7, 11) is 16.7. The SMILES string of the molecule is C[N+](C)(C)CCCCCC[N+](C)(C)CCCCCC[N+](C)(C)CCCCCCN1CCNCCNCCNCC1. The second-order valence-corrected chi connectivity index (χ2v) is 15.1. The van der Waals surface area contributed by atoms with E-state index in [0.29, 0.717) is 0 Å². The highest BCUT2D eigenvalue weighted by atomic mass is 15.3. The molecule has 0 radical (unpaired) electrons. The molecule has 0 unspecified atom stereocenters. The first-order valence-corrected chi connectivity index (χ1v) is 17.3. The summed E-state index contributed by atoms with van der Waals surface area (Å²) in [6, 6.07) is 0. The van der Waals surface area contributed by atoms with Gasteiger partial charge in [-0.1, -0.05) is 6.42 Å². The van der Waals surface area contributed by atoms with Crippen LogP contribution in [-0.2, 0) is 0 Å². The highest BCUT2D eigenvalue weighted by Gasteiger charge is 2.16. The molecule has 40 heavy (non-hydrogen) atoms. The van der Waals surface area contributed by atoms with Crippen molar-refractivity contribution in [3.8, 4) is 0 Å². The van der Waals surface area contributed by atoms with E-state index in [1.54, 1.807) is 0 Å². The van der Waals surface area contributed by atoms with Gasteiger partial charge >= 0.3 is 0 Å². The van der Waals surface area contributed by atoms with E-state index in [-0.39, 0.29) is 0 Å². The van der Waals surface area contributed by atoms with Gasteiger partial charge in [-0.3, -0.25) is 0 Å². The molecule has 1 heterocycles. The molecule has 0 aromatic rings. The van der Waals surface area contributed by atoms with Gasteiger partial charge in [0, 0.05) is 52.4 Å². The molecule has 1 saturated heterocycles. The third-order valence-electron chi connectivity index (χ3n) is 8.77. The van der Waals surface area contributed by atoms with E-state index in [1.165, 1.54) is 138 Å². The lowest BCUT2D eigenvalue weighted by Gasteiger charge is -2.31. The monoisotopic (exact) mass is 571 g/mol. The van der Waals surface area contributed by atoms with E-state index >= 15 is 0 Å². The molecule has 1 rings (SSSR count). The van der Waals surface area contributed by atoms with Crippen LogP contribution in [0.15, 0.2) is 0 Å². The second kappa shape index (κ2) is 22.3. The molecule has 0 aromatic heterocycles. The molecular formula is C33H76N7+3. The Morgan fingerprint density at radius 2 is 0.725 bits per heavy atom. The van der Waals surface area contributed by atoms with Gasteiger partial charge in [-0.05, 0) is 77.2 Å². The van der Waals surface area contributed by atoms with Gasteiger partial charge in [-0.25, -0.2) is 0 Å². The largest absolute Gasteiger partial charge is 0.331 e. The molecule has 0 spiro atoms. The van der Waals surface area contributed by atoms with Gasteiger partial charge in [-0.2, -0.15) is 0 Å². The lowest BCUT2D eigenvalue weighted by molar-refractivity contribution is -0.891. The first-order valence-electron chi connectivity index (χ1n) is 17.3. The highest BCUT2D eigenvalue weighted by molar-refractivity contribution is 4.65. The van der Waals surface area contributed by atoms with E-state index < -0.39 is 0 Å². The number of nitrogens with one attached hydrogen (secondary N) is 3. The average molecular weight is 571 g/mol. The Balaban J connectivity index is 2.02. The maximum atomic E-state index is 3.58. The molecule has 1 fully saturated rings. The molecule has 240 valence electrons. The number of nitrogens with zero attached hydrogens (tertiary/aromatic N) is 4. The summed E-state index contributed by atoms with van der Waals surface area (Å²) in [6.45, 7) is 16.8. The van der Waals surface area contributed by atoms with Crippen molar-refractivity contribution in [1.82, 2.24) is 20.9 Å². The van der Waals surface area contributed by atoms with E-state index in [4.69, 9.17) is 0 Å². The molecule has 0 aliphatic carbocycles. The van der Waals surface area contributed by atoms with Crippen LogP contribution in [0.4, 0.5) is 0 Å². The first kappa shape index (κ1) is 37.7. The third-order valence-corrected chi connectivity index (χ3v) is 8.77. The Kier molecular flexibility index (Phi) is 21.0. The maximum absolute atomic E-state index is 3.58. The van der Waals surface area contributed by atoms with Gasteiger partial charge in [0.15, 0.2) is 0 Å². The fourth-order valence-electron chi connectivity index (χ4n) is 5.90. The minimum absolute atomic E-state index is 1.08. The smallest absolute Gasteiger partial charge is 0.0782 e. The Bertz CT molecular complexity index is 562. The van der Waals surface area contributed by atoms with Gasteiger partial charge in [0.05, 0.1) is 82.1 Å². The number of unbranched alkanes of at least 4 members (excludes halogenated alkanes) is 9. The predicted octanol–water partition coefficient (Wildman–Crippen LogP) is 3.61. The van der Waals surface area contributed by atoms with Crippen LogP contribution in [0.5, 0.6) is 0 Å². The zero-order valence-electron chi connectivity index (χ0n) is 28.7. The van der Waals surface area contributed by atoms with Gasteiger partial charge in [0.1, 0.15) is 0 Å². The average Bonchev–Trinajstić information content (AvgIpc) is 2.86. The molecule has 1 aliphatic rings. The van der Waals surface area contributed by atoms with E-state index in [1.807, 2.05) is 0 Å². The van der Waals surface area contributed by atoms with Crippen LogP contribution in [-0.4, -0.2) is 159 Å². The molecule has 0 amide bonds. The second-order valence-electron chi connectivity index (χ2n) is 15.1. The Morgan fingerprint density at radius 1 is 0.400 bits per heavy atom. The van der Waals surface area contributed by atoms with Crippen molar-refractivity contribution in [2.24, 2.45) is 0 Å². The van der Waals surface area contributed by atoms with Gasteiger partial charge in [0.2, 0.25) is 0 Å². The van der Waals surface area contributed by atoms with Gasteiger partial charge < -0.3 is 34.3 Å². The predicted molar refractivity (Wildman–Crippen MR) is 177 cm³/mol. The van der Waals surface area contributed by atoms with Crippen LogP contribution in [0, 0.1) is 0 Å². The zero-order valence-corrected chi connectivity index (χ0v) is 28.7. The third kappa shape index (κ3) is 24.3. The van der Waals surface area contributed by atoms with Crippen molar-refractivity contribution in [3.05, 3.63) is 0 Å². The van der Waals surface area contributed by atoms with Gasteiger partial charge in [-0.15, -0.1) is 0 Å². The summed E-state index contributed by atoms with van der Waals surface area (Å²) in [6.07, 6.45) is 16.7. The van der Waals surface area contributed by atoms with E-state index in [9.17, 15) is 0 Å². The lowest BCUT2D eigenvalue weighted by Crippen LogP contribution is -2.42. The van der Waals surface area contributed by atoms with Gasteiger partial charge in [0.25, 0.3) is 0 Å². The molecule has 0 atom stereocenters. The minimum atomic E-state index is 1.08. The van der Waals surface area contributed by atoms with Crippen molar-refractivity contribution >= 4 is 0 Å². The van der Waals surface area contributed by atoms with Crippen LogP contribution in [0.2, 0.25) is 0 Å². The highest BCUT2D eigenvalue weighted by Crippen LogP contribution is 2.12. The molecular weight excluding hydrogens is 494 g/mol. The van der Waals surface area contributed by atoms with E-state index in [2.05, 4.69) is 70.2 Å². The van der Waals surface area contributed by atoms with Crippen molar-refractivity contribution in [2.75, 3.05) is 141 Å². The Hall–Kier alpha value is -0.280. The summed E-state index contributed by atoms with van der Waals surface area (Å²) in [4.78, 5) is 2.66. The number of rotatable bonds is 21. The molecule has 7 nitrogen and oxygen atoms in total. The fourth-order valence-corrected chi connectivity index (χ4v) is 5.90. The quantitative estimate of drug-likeness (QED) is 0.146. The topological polar surface area (TPSA) is 39.3 Å². The van der Waals surface area contributed by atoms with Crippen LogP contribution >= 0.6 is 0 Å². The van der Waals surface area contributed by atoms with Crippen LogP contribution in [0.25, 0.3) is 0 Å². The molecule has 0 saturated carbocycles. The maximum Gasteiger partial charge on any atom is 0.0782 e. The molecule has 3 N–H and O–H groups in total. The van der Waals surface area contributed by atoms with Crippen molar-refractivity contribution in [3.63, 3.8) is 0 Å². The summed E-state index contributed by atoms with van der Waals surface area (Å²) in [5.74, 6) is 0. The molecule has 0 aromatic carbocycles. The van der Waals surface area contributed by atoms with Crippen molar-refractivity contribution in [2.45, 2.75) is 77.0 Å². The Morgan fingerprint density at radius 3 is 1.10 bits per heavy atom. The Labute approximate surface area is 252 Å². The molecule has 7 heteroatoms. The fraction of sp³-hybridized carbons (Fsp3) is 1.00. The van der Waals surface area contributed by atoms with Crippen LogP contribution < -0.4 is 16.0 Å². The molecule has 0 bridgehead atoms. The zero-order chi connectivity index (χ0) is 29.6. The number of quaternary nitrogens is 3. The number of hydrogen-bond donors (Lipinski definition) is 3. The molecule has 1 aliphatic heterocycles. The summed E-state index contributed by atoms with van der Waals surface area (Å²) < 4.78 is 3.51. The van der Waals surface area contributed by atoms with Crippen molar-refractivity contribution < 1.29 is 13.4 Å². The first-order chi connectivity index (χ1) is 19.0. The summed E-state index contributed by atoms with van der Waals surface area (Å²) in [5.41, 5.74) is 0. The lowest BCUT2D eigenvalue weighted by atomic mass is 10.1. The van der Waals surface area contributed by atoms with Crippen LogP contribution in [0.1, 0.15) is 77.0 Å². The summed E-state index contributed by atoms with van der Waals surface area (Å²) in [5, 5.41) is 10.6. The van der Waals surface area contributed by atoms with Crippen LogP contribution in [0.3, 0.4) is 0 Å². The number of hydrogen-bond acceptors (Lipinski definition) is 4. The standard InChI is InChI=1S/C33H76N7/c1-38(2,3)29-15-10-11-17-31-40(6,7)33-19-13-12-18-32-39(4,5)30-16-9-8-14-26-37-27-24-35-22-20-34-21-23-36-25-28-37/h34-36H,8-33H2,1-7H3/q+3. The van der Waals surface area contributed by atoms with Crippen molar-refractivity contribution in [1.29, 1.82) is 0 Å². The minimum Gasteiger partial charge on any atom is -0.331 e. The normalized spacial score (nSPS) is 17.5.